The van der Waals surface area contributed by atoms with Gasteiger partial charge in [-0.15, -0.1) is 0 Å². The first-order valence-corrected chi connectivity index (χ1v) is 8.71. The molecular formula is C17H25NS. The molecule has 2 atom stereocenters. The molecule has 1 fully saturated rings. The zero-order chi connectivity index (χ0) is 13.3. The summed E-state index contributed by atoms with van der Waals surface area (Å²) in [4.78, 5) is 0. The van der Waals surface area contributed by atoms with Gasteiger partial charge in [0.25, 0.3) is 0 Å². The Morgan fingerprint density at radius 2 is 2.11 bits per heavy atom. The van der Waals surface area contributed by atoms with Crippen LogP contribution in [0.3, 0.4) is 0 Å². The Labute approximate surface area is 121 Å². The molecule has 0 amide bonds. The molecule has 2 aliphatic rings. The van der Waals surface area contributed by atoms with Crippen LogP contribution in [0.5, 0.6) is 0 Å². The Balaban J connectivity index is 1.71. The van der Waals surface area contributed by atoms with Crippen molar-refractivity contribution in [1.82, 2.24) is 5.32 Å². The highest BCUT2D eigenvalue weighted by molar-refractivity contribution is 7.99. The molecule has 1 nitrogen and oxygen atoms in total. The lowest BCUT2D eigenvalue weighted by Gasteiger charge is -2.38. The van der Waals surface area contributed by atoms with E-state index in [4.69, 9.17) is 0 Å². The van der Waals surface area contributed by atoms with Crippen LogP contribution in [-0.2, 0) is 6.42 Å². The summed E-state index contributed by atoms with van der Waals surface area (Å²) in [7, 11) is 0. The molecule has 0 radical (unpaired) electrons. The number of hydrogen-bond donors (Lipinski definition) is 1. The van der Waals surface area contributed by atoms with Crippen LogP contribution in [0.15, 0.2) is 24.3 Å². The van der Waals surface area contributed by atoms with Crippen molar-refractivity contribution in [2.24, 2.45) is 5.41 Å². The summed E-state index contributed by atoms with van der Waals surface area (Å²) in [6.07, 6.45) is 5.22. The number of benzene rings is 1. The van der Waals surface area contributed by atoms with E-state index in [1.54, 1.807) is 11.1 Å². The molecule has 2 heteroatoms. The average molecular weight is 275 g/mol. The van der Waals surface area contributed by atoms with Gasteiger partial charge < -0.3 is 5.32 Å². The minimum Gasteiger partial charge on any atom is -0.306 e. The predicted molar refractivity (Wildman–Crippen MR) is 84.8 cm³/mol. The quantitative estimate of drug-likeness (QED) is 0.869. The Morgan fingerprint density at radius 3 is 2.95 bits per heavy atom. The van der Waals surface area contributed by atoms with Gasteiger partial charge in [-0.05, 0) is 48.0 Å². The van der Waals surface area contributed by atoms with Gasteiger partial charge >= 0.3 is 0 Å². The zero-order valence-electron chi connectivity index (χ0n) is 12.1. The molecule has 1 heterocycles. The standard InChI is InChI=1S/C17H25NS/c1-17(2)10-14(11-19-12-17)18-16-9-5-7-13-6-3-4-8-15(13)16/h3-4,6,8,14,16,18H,5,7,9-12H2,1-2H3. The third kappa shape index (κ3) is 3.17. The van der Waals surface area contributed by atoms with E-state index < -0.39 is 0 Å². The summed E-state index contributed by atoms with van der Waals surface area (Å²) < 4.78 is 0. The number of hydrogen-bond acceptors (Lipinski definition) is 2. The third-order valence-electron chi connectivity index (χ3n) is 4.42. The topological polar surface area (TPSA) is 12.0 Å². The van der Waals surface area contributed by atoms with E-state index in [1.807, 2.05) is 0 Å². The van der Waals surface area contributed by atoms with Crippen molar-refractivity contribution in [2.45, 2.75) is 51.6 Å². The van der Waals surface area contributed by atoms with Crippen LogP contribution in [-0.4, -0.2) is 17.5 Å². The number of fused-ring (bicyclic) bond motifs is 1. The van der Waals surface area contributed by atoms with Crippen molar-refractivity contribution in [1.29, 1.82) is 0 Å². The number of thioether (sulfide) groups is 1. The van der Waals surface area contributed by atoms with Gasteiger partial charge in [0.2, 0.25) is 0 Å². The van der Waals surface area contributed by atoms with E-state index in [0.29, 0.717) is 17.5 Å². The molecule has 0 aromatic heterocycles. The summed E-state index contributed by atoms with van der Waals surface area (Å²) in [6.45, 7) is 4.81. The molecule has 1 aromatic rings. The minimum atomic E-state index is 0.495. The molecule has 2 unspecified atom stereocenters. The Kier molecular flexibility index (Phi) is 3.91. The molecule has 1 aliphatic carbocycles. The molecule has 104 valence electrons. The van der Waals surface area contributed by atoms with Crippen molar-refractivity contribution in [3.63, 3.8) is 0 Å². The first kappa shape index (κ1) is 13.5. The molecule has 0 spiro atoms. The van der Waals surface area contributed by atoms with Gasteiger partial charge in [-0.25, -0.2) is 0 Å². The lowest BCUT2D eigenvalue weighted by atomic mass is 9.84. The Morgan fingerprint density at radius 1 is 1.26 bits per heavy atom. The predicted octanol–water partition coefficient (Wildman–Crippen LogP) is 4.19. The van der Waals surface area contributed by atoms with Gasteiger partial charge in [0.1, 0.15) is 0 Å². The minimum absolute atomic E-state index is 0.495. The van der Waals surface area contributed by atoms with Crippen molar-refractivity contribution in [3.8, 4) is 0 Å². The van der Waals surface area contributed by atoms with Crippen LogP contribution in [0.25, 0.3) is 0 Å². The lowest BCUT2D eigenvalue weighted by Crippen LogP contribution is -2.42. The molecular weight excluding hydrogens is 250 g/mol. The van der Waals surface area contributed by atoms with E-state index in [1.165, 1.54) is 37.2 Å². The van der Waals surface area contributed by atoms with Crippen molar-refractivity contribution in [3.05, 3.63) is 35.4 Å². The van der Waals surface area contributed by atoms with Crippen molar-refractivity contribution >= 4 is 11.8 Å². The summed E-state index contributed by atoms with van der Waals surface area (Å²) >= 11 is 2.12. The molecule has 1 N–H and O–H groups in total. The first-order chi connectivity index (χ1) is 9.14. The van der Waals surface area contributed by atoms with Gasteiger partial charge in [0.15, 0.2) is 0 Å². The van der Waals surface area contributed by atoms with Crippen LogP contribution in [0.4, 0.5) is 0 Å². The molecule has 1 aromatic carbocycles. The SMILES string of the molecule is CC1(C)CSCC(NC2CCCc3ccccc32)C1. The second-order valence-electron chi connectivity index (χ2n) is 6.89. The fourth-order valence-corrected chi connectivity index (χ4v) is 4.87. The van der Waals surface area contributed by atoms with Gasteiger partial charge in [0, 0.05) is 17.8 Å². The van der Waals surface area contributed by atoms with E-state index in [2.05, 4.69) is 55.2 Å². The first-order valence-electron chi connectivity index (χ1n) is 7.56. The zero-order valence-corrected chi connectivity index (χ0v) is 12.9. The van der Waals surface area contributed by atoms with Crippen molar-refractivity contribution < 1.29 is 0 Å². The third-order valence-corrected chi connectivity index (χ3v) is 6.04. The summed E-state index contributed by atoms with van der Waals surface area (Å²) in [6, 6.07) is 10.3. The maximum Gasteiger partial charge on any atom is 0.0325 e. The van der Waals surface area contributed by atoms with Crippen molar-refractivity contribution in [2.75, 3.05) is 11.5 Å². The molecule has 19 heavy (non-hydrogen) atoms. The van der Waals surface area contributed by atoms with Crippen LogP contribution < -0.4 is 5.32 Å². The molecule has 0 saturated carbocycles. The van der Waals surface area contributed by atoms with E-state index in [-0.39, 0.29) is 0 Å². The van der Waals surface area contributed by atoms with Gasteiger partial charge in [-0.2, -0.15) is 11.8 Å². The smallest absolute Gasteiger partial charge is 0.0325 e. The number of rotatable bonds is 2. The molecule has 3 rings (SSSR count). The fourth-order valence-electron chi connectivity index (χ4n) is 3.58. The molecule has 1 aliphatic heterocycles. The van der Waals surface area contributed by atoms with Crippen LogP contribution in [0, 0.1) is 5.41 Å². The van der Waals surface area contributed by atoms with Crippen LogP contribution >= 0.6 is 11.8 Å². The highest BCUT2D eigenvalue weighted by Crippen LogP contribution is 2.36. The number of aryl methyl sites for hydroxylation is 1. The summed E-state index contributed by atoms with van der Waals surface area (Å²) in [5, 5.41) is 3.95. The summed E-state index contributed by atoms with van der Waals surface area (Å²) in [5.41, 5.74) is 3.62. The van der Waals surface area contributed by atoms with E-state index >= 15 is 0 Å². The Bertz CT molecular complexity index is 441. The van der Waals surface area contributed by atoms with E-state index in [0.717, 1.165) is 0 Å². The highest BCUT2D eigenvalue weighted by atomic mass is 32.2. The maximum atomic E-state index is 3.95. The lowest BCUT2D eigenvalue weighted by molar-refractivity contribution is 0.292. The second kappa shape index (κ2) is 5.49. The van der Waals surface area contributed by atoms with Gasteiger partial charge in [-0.1, -0.05) is 38.1 Å². The molecule has 1 saturated heterocycles. The van der Waals surface area contributed by atoms with Gasteiger partial charge in [-0.3, -0.25) is 0 Å². The van der Waals surface area contributed by atoms with Crippen LogP contribution in [0.1, 0.15) is 50.3 Å². The summed E-state index contributed by atoms with van der Waals surface area (Å²) in [5.74, 6) is 2.59. The monoisotopic (exact) mass is 275 g/mol. The molecule has 0 bridgehead atoms. The maximum absolute atomic E-state index is 3.95. The highest BCUT2D eigenvalue weighted by Gasteiger charge is 2.30. The van der Waals surface area contributed by atoms with Crippen LogP contribution in [0.2, 0.25) is 0 Å². The van der Waals surface area contributed by atoms with E-state index in [9.17, 15) is 0 Å². The average Bonchev–Trinajstić information content (AvgIpc) is 2.38. The largest absolute Gasteiger partial charge is 0.306 e. The second-order valence-corrected chi connectivity index (χ2v) is 7.92. The Hall–Kier alpha value is -0.470. The fraction of sp³-hybridized carbons (Fsp3) is 0.647. The normalized spacial score (nSPS) is 29.8. The number of nitrogens with one attached hydrogen (secondary N) is 1. The van der Waals surface area contributed by atoms with Gasteiger partial charge in [0.05, 0.1) is 0 Å².